The van der Waals surface area contributed by atoms with Crippen LogP contribution in [0, 0.1) is 0 Å². The average Bonchev–Trinajstić information content (AvgIpc) is 3.02. The summed E-state index contributed by atoms with van der Waals surface area (Å²) in [7, 11) is 0. The molecule has 0 aliphatic rings. The molecule has 0 bridgehead atoms. The monoisotopic (exact) mass is 307 g/mol. The lowest BCUT2D eigenvalue weighted by molar-refractivity contribution is -0.670. The van der Waals surface area contributed by atoms with Crippen molar-refractivity contribution in [2.45, 2.75) is 6.92 Å². The van der Waals surface area contributed by atoms with Crippen LogP contribution in [0.15, 0.2) is 80.3 Å². The van der Waals surface area contributed by atoms with E-state index >= 15 is 0 Å². The molecule has 0 unspecified atom stereocenters. The molecule has 0 atom stereocenters. The van der Waals surface area contributed by atoms with E-state index in [1.165, 1.54) is 10.9 Å². The number of nitrogens with zero attached hydrogens (tertiary/aromatic N) is 3. The Hall–Kier alpha value is -3.28. The standard InChI is InChI=1S/C17H14N4O2/c1-13(19-18-11-14-5-3-2-4-6-14)15-7-9-16(10-8-15)21-12-17(22)23-20-21/h2-12H,1H3/p+1/b18-11+,19-13+. The highest BCUT2D eigenvalue weighted by Crippen LogP contribution is 2.05. The summed E-state index contributed by atoms with van der Waals surface area (Å²) in [6.07, 6.45) is 3.05. The van der Waals surface area contributed by atoms with E-state index in [9.17, 15) is 4.79 Å². The normalized spacial score (nSPS) is 12.0. The van der Waals surface area contributed by atoms with Gasteiger partial charge in [0.1, 0.15) is 0 Å². The summed E-state index contributed by atoms with van der Waals surface area (Å²) in [5.74, 6) is 0. The fourth-order valence-corrected chi connectivity index (χ4v) is 2.02. The van der Waals surface area contributed by atoms with E-state index in [0.29, 0.717) is 0 Å². The van der Waals surface area contributed by atoms with Gasteiger partial charge < -0.3 is 0 Å². The lowest BCUT2D eigenvalue weighted by Gasteiger charge is -1.98. The first-order valence-corrected chi connectivity index (χ1v) is 7.06. The molecule has 0 amide bonds. The minimum Gasteiger partial charge on any atom is -0.283 e. The number of hydrogen-bond acceptors (Lipinski definition) is 4. The molecule has 0 saturated carbocycles. The maximum atomic E-state index is 11.0. The molecule has 3 rings (SSSR count). The quantitative estimate of drug-likeness (QED) is 0.455. The Morgan fingerprint density at radius 2 is 1.87 bits per heavy atom. The molecule has 0 aliphatic carbocycles. The molecule has 23 heavy (non-hydrogen) atoms. The van der Waals surface area contributed by atoms with E-state index in [-0.39, 0.29) is 0 Å². The number of nitrogens with one attached hydrogen (secondary N) is 1. The van der Waals surface area contributed by atoms with E-state index in [0.717, 1.165) is 22.5 Å². The molecular weight excluding hydrogens is 292 g/mol. The van der Waals surface area contributed by atoms with Gasteiger partial charge in [0.05, 0.1) is 11.9 Å². The summed E-state index contributed by atoms with van der Waals surface area (Å²) in [5, 5.41) is 10.8. The van der Waals surface area contributed by atoms with Gasteiger partial charge in [-0.2, -0.15) is 10.2 Å². The second kappa shape index (κ2) is 6.65. The SMILES string of the molecule is C/C(=N\N=C\c1ccccc1)c1ccc(-[n+]2cc(=O)o[nH]2)cc1. The van der Waals surface area contributed by atoms with Crippen molar-refractivity contribution in [2.75, 3.05) is 0 Å². The van der Waals surface area contributed by atoms with Gasteiger partial charge in [-0.1, -0.05) is 30.3 Å². The Kier molecular flexibility index (Phi) is 4.24. The molecule has 0 aliphatic heterocycles. The first-order valence-electron chi connectivity index (χ1n) is 7.06. The van der Waals surface area contributed by atoms with Crippen LogP contribution in [0.3, 0.4) is 0 Å². The van der Waals surface area contributed by atoms with Crippen molar-refractivity contribution in [1.29, 1.82) is 0 Å². The Morgan fingerprint density at radius 3 is 2.52 bits per heavy atom. The highest BCUT2D eigenvalue weighted by Gasteiger charge is 2.10. The first-order chi connectivity index (χ1) is 11.2. The number of aromatic amines is 1. The van der Waals surface area contributed by atoms with Crippen molar-refractivity contribution < 1.29 is 9.20 Å². The zero-order chi connectivity index (χ0) is 16.1. The van der Waals surface area contributed by atoms with Gasteiger partial charge in [0.15, 0.2) is 0 Å². The second-order valence-corrected chi connectivity index (χ2v) is 4.90. The van der Waals surface area contributed by atoms with Crippen molar-refractivity contribution in [3.63, 3.8) is 0 Å². The van der Waals surface area contributed by atoms with Crippen LogP contribution in [0.4, 0.5) is 0 Å². The summed E-state index contributed by atoms with van der Waals surface area (Å²) < 4.78 is 6.14. The second-order valence-electron chi connectivity index (χ2n) is 4.90. The summed E-state index contributed by atoms with van der Waals surface area (Å²) >= 11 is 0. The predicted octanol–water partition coefficient (Wildman–Crippen LogP) is 2.09. The van der Waals surface area contributed by atoms with Gasteiger partial charge in [-0.05, 0) is 40.1 Å². The molecule has 0 fully saturated rings. The minimum absolute atomic E-state index is 0.429. The number of H-pyrrole nitrogens is 1. The largest absolute Gasteiger partial charge is 0.427 e. The van der Waals surface area contributed by atoms with Crippen molar-refractivity contribution in [2.24, 2.45) is 10.2 Å². The maximum absolute atomic E-state index is 11.0. The lowest BCUT2D eigenvalue weighted by Crippen LogP contribution is -2.32. The van der Waals surface area contributed by atoms with Crippen molar-refractivity contribution in [3.05, 3.63) is 82.3 Å². The molecular formula is C17H15N4O2+. The van der Waals surface area contributed by atoms with Crippen LogP contribution >= 0.6 is 0 Å². The molecule has 1 aromatic heterocycles. The maximum Gasteiger partial charge on any atom is 0.427 e. The van der Waals surface area contributed by atoms with Crippen LogP contribution in [-0.4, -0.2) is 17.2 Å². The zero-order valence-electron chi connectivity index (χ0n) is 12.5. The van der Waals surface area contributed by atoms with E-state index in [4.69, 9.17) is 0 Å². The minimum atomic E-state index is -0.429. The van der Waals surface area contributed by atoms with Gasteiger partial charge in [0.2, 0.25) is 5.69 Å². The van der Waals surface area contributed by atoms with Gasteiger partial charge in [-0.25, -0.2) is 4.79 Å². The van der Waals surface area contributed by atoms with Gasteiger partial charge in [0, 0.05) is 12.1 Å². The number of aromatic nitrogens is 2. The molecule has 2 aromatic carbocycles. The molecule has 6 nitrogen and oxygen atoms in total. The third-order valence-corrected chi connectivity index (χ3v) is 3.26. The van der Waals surface area contributed by atoms with Crippen LogP contribution in [0.1, 0.15) is 18.1 Å². The summed E-state index contributed by atoms with van der Waals surface area (Å²) in [6.45, 7) is 1.89. The van der Waals surface area contributed by atoms with Crippen molar-refractivity contribution in [1.82, 2.24) is 5.27 Å². The highest BCUT2D eigenvalue weighted by atomic mass is 16.5. The Balaban J connectivity index is 1.75. The lowest BCUT2D eigenvalue weighted by atomic mass is 10.1. The number of rotatable bonds is 4. The van der Waals surface area contributed by atoms with E-state index in [1.54, 1.807) is 6.21 Å². The van der Waals surface area contributed by atoms with Crippen LogP contribution in [0.2, 0.25) is 0 Å². The average molecular weight is 307 g/mol. The fraction of sp³-hybridized carbons (Fsp3) is 0.0588. The zero-order valence-corrected chi connectivity index (χ0v) is 12.5. The van der Waals surface area contributed by atoms with Crippen LogP contribution < -0.4 is 10.3 Å². The third kappa shape index (κ3) is 3.68. The van der Waals surface area contributed by atoms with Gasteiger partial charge in [-0.15, -0.1) is 0 Å². The Morgan fingerprint density at radius 1 is 1.13 bits per heavy atom. The van der Waals surface area contributed by atoms with Gasteiger partial charge >= 0.3 is 5.63 Å². The molecule has 6 heteroatoms. The van der Waals surface area contributed by atoms with E-state index < -0.39 is 5.63 Å². The van der Waals surface area contributed by atoms with Gasteiger partial charge in [-0.3, -0.25) is 4.52 Å². The molecule has 0 saturated heterocycles. The summed E-state index contributed by atoms with van der Waals surface area (Å²) in [5.41, 5.74) is 3.11. The summed E-state index contributed by atoms with van der Waals surface area (Å²) in [4.78, 5) is 11.0. The van der Waals surface area contributed by atoms with Crippen molar-refractivity contribution in [3.8, 4) is 5.69 Å². The van der Waals surface area contributed by atoms with Gasteiger partial charge in [0.25, 0.3) is 6.20 Å². The topological polar surface area (TPSA) is 74.6 Å². The molecule has 1 N–H and O–H groups in total. The van der Waals surface area contributed by atoms with Crippen LogP contribution in [-0.2, 0) is 0 Å². The smallest absolute Gasteiger partial charge is 0.283 e. The van der Waals surface area contributed by atoms with Crippen LogP contribution in [0.5, 0.6) is 0 Å². The molecule has 0 spiro atoms. The van der Waals surface area contributed by atoms with Crippen molar-refractivity contribution >= 4 is 11.9 Å². The number of hydrogen-bond donors (Lipinski definition) is 1. The molecule has 3 aromatic rings. The highest BCUT2D eigenvalue weighted by molar-refractivity contribution is 5.99. The van der Waals surface area contributed by atoms with E-state index in [2.05, 4.69) is 20.0 Å². The predicted molar refractivity (Wildman–Crippen MR) is 87.1 cm³/mol. The Labute approximate surface area is 132 Å². The summed E-state index contributed by atoms with van der Waals surface area (Å²) in [6, 6.07) is 17.3. The molecule has 114 valence electrons. The third-order valence-electron chi connectivity index (χ3n) is 3.26. The first kappa shape index (κ1) is 14.6. The molecule has 0 radical (unpaired) electrons. The number of benzene rings is 2. The molecule has 1 heterocycles. The fourth-order valence-electron chi connectivity index (χ4n) is 2.02. The van der Waals surface area contributed by atoms with E-state index in [1.807, 2.05) is 61.5 Å². The Bertz CT molecular complexity index is 890. The van der Waals surface area contributed by atoms with Crippen LogP contribution in [0.25, 0.3) is 5.69 Å².